The second kappa shape index (κ2) is 5.04. The summed E-state index contributed by atoms with van der Waals surface area (Å²) in [7, 11) is 0. The fourth-order valence-corrected chi connectivity index (χ4v) is 1.75. The molecule has 82 valence electrons. The van der Waals surface area contributed by atoms with E-state index in [1.165, 1.54) is 5.56 Å². The Morgan fingerprint density at radius 3 is 2.19 bits per heavy atom. The fourth-order valence-electron chi connectivity index (χ4n) is 1.62. The molecule has 2 aromatic carbocycles. The van der Waals surface area contributed by atoms with Gasteiger partial charge in [-0.1, -0.05) is 41.9 Å². The molecule has 0 saturated heterocycles. The Hall–Kier alpha value is -1.47. The number of hydrogen-bond acceptors (Lipinski definition) is 1. The molecule has 0 spiro atoms. The molecule has 0 amide bonds. The Bertz CT molecular complexity index is 436. The lowest BCUT2D eigenvalue weighted by molar-refractivity contribution is 0.885. The van der Waals surface area contributed by atoms with E-state index < -0.39 is 0 Å². The van der Waals surface area contributed by atoms with E-state index in [1.54, 1.807) is 0 Å². The van der Waals surface area contributed by atoms with Crippen LogP contribution in [0.1, 0.15) is 18.5 Å². The summed E-state index contributed by atoms with van der Waals surface area (Å²) < 4.78 is 0. The monoisotopic (exact) mass is 231 g/mol. The van der Waals surface area contributed by atoms with Crippen LogP contribution in [0, 0.1) is 0 Å². The van der Waals surface area contributed by atoms with Crippen molar-refractivity contribution >= 4 is 17.3 Å². The van der Waals surface area contributed by atoms with E-state index in [0.717, 1.165) is 10.7 Å². The predicted octanol–water partition coefficient (Wildman–Crippen LogP) is 4.51. The second-order valence-corrected chi connectivity index (χ2v) is 4.22. The van der Waals surface area contributed by atoms with Gasteiger partial charge in [-0.3, -0.25) is 0 Å². The summed E-state index contributed by atoms with van der Waals surface area (Å²) in [5.41, 5.74) is 2.36. The number of hydrogen-bond donors (Lipinski definition) is 1. The summed E-state index contributed by atoms with van der Waals surface area (Å²) >= 11 is 5.84. The van der Waals surface area contributed by atoms with Crippen LogP contribution in [0.25, 0.3) is 0 Å². The first-order valence-corrected chi connectivity index (χ1v) is 5.70. The quantitative estimate of drug-likeness (QED) is 0.820. The minimum atomic E-state index is 0.294. The van der Waals surface area contributed by atoms with Crippen LogP contribution in [-0.4, -0.2) is 0 Å². The highest BCUT2D eigenvalue weighted by atomic mass is 35.5. The molecule has 0 aliphatic rings. The van der Waals surface area contributed by atoms with Gasteiger partial charge >= 0.3 is 0 Å². The second-order valence-electron chi connectivity index (χ2n) is 3.78. The number of halogens is 1. The maximum absolute atomic E-state index is 5.84. The minimum absolute atomic E-state index is 0.294. The largest absolute Gasteiger partial charge is 0.379 e. The highest BCUT2D eigenvalue weighted by Crippen LogP contribution is 2.20. The van der Waals surface area contributed by atoms with E-state index >= 15 is 0 Å². The van der Waals surface area contributed by atoms with Crippen LogP contribution in [-0.2, 0) is 0 Å². The maximum Gasteiger partial charge on any atom is 0.0485 e. The molecular weight excluding hydrogens is 218 g/mol. The van der Waals surface area contributed by atoms with Gasteiger partial charge in [0, 0.05) is 16.8 Å². The van der Waals surface area contributed by atoms with Crippen LogP contribution in [0.3, 0.4) is 0 Å². The van der Waals surface area contributed by atoms with Crippen LogP contribution in [0.2, 0.25) is 5.02 Å². The Labute approximate surface area is 101 Å². The van der Waals surface area contributed by atoms with E-state index in [2.05, 4.69) is 36.5 Å². The molecule has 0 aliphatic heterocycles. The molecule has 1 atom stereocenters. The van der Waals surface area contributed by atoms with Crippen LogP contribution < -0.4 is 5.32 Å². The Morgan fingerprint density at radius 1 is 0.938 bits per heavy atom. The summed E-state index contributed by atoms with van der Waals surface area (Å²) in [6.45, 7) is 2.14. The van der Waals surface area contributed by atoms with Crippen LogP contribution in [0.15, 0.2) is 54.6 Å². The van der Waals surface area contributed by atoms with Gasteiger partial charge in [-0.2, -0.15) is 0 Å². The summed E-state index contributed by atoms with van der Waals surface area (Å²) in [5, 5.41) is 4.19. The summed E-state index contributed by atoms with van der Waals surface area (Å²) in [5.74, 6) is 0. The van der Waals surface area contributed by atoms with Gasteiger partial charge in [-0.15, -0.1) is 0 Å². The first-order valence-electron chi connectivity index (χ1n) is 5.33. The van der Waals surface area contributed by atoms with Crippen molar-refractivity contribution in [3.05, 3.63) is 65.2 Å². The smallest absolute Gasteiger partial charge is 0.0485 e. The minimum Gasteiger partial charge on any atom is -0.379 e. The van der Waals surface area contributed by atoms with Crippen LogP contribution in [0.5, 0.6) is 0 Å². The summed E-state index contributed by atoms with van der Waals surface area (Å²) in [6.07, 6.45) is 0. The van der Waals surface area contributed by atoms with Gasteiger partial charge in [-0.25, -0.2) is 0 Å². The lowest BCUT2D eigenvalue weighted by Gasteiger charge is -2.15. The van der Waals surface area contributed by atoms with Crippen molar-refractivity contribution < 1.29 is 0 Å². The average molecular weight is 232 g/mol. The van der Waals surface area contributed by atoms with Crippen molar-refractivity contribution in [3.8, 4) is 0 Å². The summed E-state index contributed by atoms with van der Waals surface area (Å²) in [4.78, 5) is 0. The number of benzene rings is 2. The highest BCUT2D eigenvalue weighted by Gasteiger charge is 2.03. The van der Waals surface area contributed by atoms with Gasteiger partial charge < -0.3 is 5.32 Å². The van der Waals surface area contributed by atoms with Gasteiger partial charge in [0.1, 0.15) is 0 Å². The van der Waals surface area contributed by atoms with Gasteiger partial charge in [0.05, 0.1) is 0 Å². The molecule has 0 unspecified atom stereocenters. The Balaban J connectivity index is 2.08. The van der Waals surface area contributed by atoms with Gasteiger partial charge in [0.25, 0.3) is 0 Å². The lowest BCUT2D eigenvalue weighted by Crippen LogP contribution is -2.05. The topological polar surface area (TPSA) is 12.0 Å². The molecule has 16 heavy (non-hydrogen) atoms. The molecule has 0 fully saturated rings. The molecule has 0 saturated carbocycles. The van der Waals surface area contributed by atoms with E-state index in [4.69, 9.17) is 11.6 Å². The van der Waals surface area contributed by atoms with Gasteiger partial charge in [-0.05, 0) is 36.8 Å². The van der Waals surface area contributed by atoms with Crippen molar-refractivity contribution in [1.82, 2.24) is 0 Å². The SMILES string of the molecule is C[C@H](Nc1ccc(Cl)cc1)c1ccccc1. The maximum atomic E-state index is 5.84. The molecule has 2 heteroatoms. The standard InChI is InChI=1S/C14H14ClN/c1-11(12-5-3-2-4-6-12)16-14-9-7-13(15)8-10-14/h2-11,16H,1H3/t11-/m0/s1. The van der Waals surface area contributed by atoms with Crippen molar-refractivity contribution in [1.29, 1.82) is 0 Å². The van der Waals surface area contributed by atoms with E-state index in [-0.39, 0.29) is 0 Å². The number of rotatable bonds is 3. The first kappa shape index (κ1) is 11.0. The van der Waals surface area contributed by atoms with Crippen LogP contribution >= 0.6 is 11.6 Å². The normalized spacial score (nSPS) is 12.1. The third-order valence-corrected chi connectivity index (χ3v) is 2.78. The Kier molecular flexibility index (Phi) is 3.47. The molecule has 0 aromatic heterocycles. The van der Waals surface area contributed by atoms with Crippen molar-refractivity contribution in [2.75, 3.05) is 5.32 Å². The van der Waals surface area contributed by atoms with Crippen molar-refractivity contribution in [2.45, 2.75) is 13.0 Å². The number of anilines is 1. The van der Waals surface area contributed by atoms with E-state index in [0.29, 0.717) is 6.04 Å². The van der Waals surface area contributed by atoms with Crippen molar-refractivity contribution in [3.63, 3.8) is 0 Å². The zero-order valence-electron chi connectivity index (χ0n) is 9.15. The third kappa shape index (κ3) is 2.77. The molecule has 0 aliphatic carbocycles. The predicted molar refractivity (Wildman–Crippen MR) is 69.9 cm³/mol. The molecule has 0 heterocycles. The zero-order chi connectivity index (χ0) is 11.4. The highest BCUT2D eigenvalue weighted by molar-refractivity contribution is 6.30. The first-order chi connectivity index (χ1) is 7.75. The van der Waals surface area contributed by atoms with Crippen LogP contribution in [0.4, 0.5) is 5.69 Å². The fraction of sp³-hybridized carbons (Fsp3) is 0.143. The van der Waals surface area contributed by atoms with Gasteiger partial charge in [0.15, 0.2) is 0 Å². The van der Waals surface area contributed by atoms with Crippen molar-refractivity contribution in [2.24, 2.45) is 0 Å². The zero-order valence-corrected chi connectivity index (χ0v) is 9.91. The molecule has 1 N–H and O–H groups in total. The summed E-state index contributed by atoms with van der Waals surface area (Å²) in [6, 6.07) is 18.4. The Morgan fingerprint density at radius 2 is 1.56 bits per heavy atom. The average Bonchev–Trinajstić information content (AvgIpc) is 2.33. The molecule has 2 rings (SSSR count). The molecule has 2 aromatic rings. The van der Waals surface area contributed by atoms with Gasteiger partial charge in [0.2, 0.25) is 0 Å². The number of nitrogens with one attached hydrogen (secondary N) is 1. The molecular formula is C14H14ClN. The lowest BCUT2D eigenvalue weighted by atomic mass is 10.1. The van der Waals surface area contributed by atoms with E-state index in [1.807, 2.05) is 30.3 Å². The molecule has 0 bridgehead atoms. The third-order valence-electron chi connectivity index (χ3n) is 2.53. The van der Waals surface area contributed by atoms with E-state index in [9.17, 15) is 0 Å². The molecule has 1 nitrogen and oxygen atoms in total. The molecule has 0 radical (unpaired) electrons.